The van der Waals surface area contributed by atoms with Gasteiger partial charge in [0.15, 0.2) is 0 Å². The molecule has 9 heteroatoms. The van der Waals surface area contributed by atoms with Gasteiger partial charge in [-0.3, -0.25) is 0 Å². The van der Waals surface area contributed by atoms with Crippen molar-refractivity contribution >= 4 is 30.9 Å². The van der Waals surface area contributed by atoms with Gasteiger partial charge in [0.25, 0.3) is 0 Å². The molecule has 2 aliphatic carbocycles. The van der Waals surface area contributed by atoms with Gasteiger partial charge in [-0.1, -0.05) is 0 Å². The summed E-state index contributed by atoms with van der Waals surface area (Å²) in [5, 5.41) is 0. The van der Waals surface area contributed by atoms with Crippen LogP contribution in [0.2, 0.25) is 0 Å². The van der Waals surface area contributed by atoms with Gasteiger partial charge < -0.3 is 0 Å². The molecule has 185 valence electrons. The van der Waals surface area contributed by atoms with Crippen molar-refractivity contribution in [3.05, 3.63) is 64.2 Å². The Balaban J connectivity index is 0.00000204. The quantitative estimate of drug-likeness (QED) is 0.243. The fourth-order valence-electron chi connectivity index (χ4n) is 4.90. The van der Waals surface area contributed by atoms with Gasteiger partial charge in [-0.2, -0.15) is 0 Å². The van der Waals surface area contributed by atoms with Crippen LogP contribution in [0.1, 0.15) is 70.8 Å². The van der Waals surface area contributed by atoms with E-state index in [1.807, 2.05) is 12.1 Å². The van der Waals surface area contributed by atoms with Gasteiger partial charge in [0.05, 0.1) is 0 Å². The molecule has 0 aliphatic heterocycles. The third-order valence-electron chi connectivity index (χ3n) is 6.55. The number of hydrogen-bond acceptors (Lipinski definition) is 0. The van der Waals surface area contributed by atoms with E-state index in [1.165, 1.54) is 68.8 Å². The first kappa shape index (κ1) is 29.5. The zero-order chi connectivity index (χ0) is 23.1. The Kier molecular flexibility index (Phi) is 9.98. The summed E-state index contributed by atoms with van der Waals surface area (Å²) in [6.45, 7) is 0. The Bertz CT molecular complexity index is 989. The number of hydrogen-bond donors (Lipinski definition) is 0. The molecule has 1 atom stereocenters. The maximum atomic E-state index is 13.4. The molecule has 0 amide bonds. The second-order valence-corrected chi connectivity index (χ2v) is 10.2. The van der Waals surface area contributed by atoms with Crippen LogP contribution in [-0.4, -0.2) is 0 Å². The summed E-state index contributed by atoms with van der Waals surface area (Å²) in [7, 11) is 0. The molecule has 1 saturated carbocycles. The standard InChI is InChI=1S/C25H23F6.2ClH.Zr/c26-24(27,28)20-13-19(14-21(15-20)25(29,30)31)22-9-5-8-18-11-17(12-23(18)22)10-16-6-3-1-2-4-7-16;;;/h5,8-9,11-16H,1-4,6-7,10H2;2*1H;. The first-order valence-corrected chi connectivity index (χ1v) is 12.3. The van der Waals surface area contributed by atoms with Crippen molar-refractivity contribution in [2.45, 2.75) is 60.9 Å². The van der Waals surface area contributed by atoms with Gasteiger partial charge in [0.2, 0.25) is 0 Å². The summed E-state index contributed by atoms with van der Waals surface area (Å²) in [6.07, 6.45) is 0.625. The molecule has 0 nitrogen and oxygen atoms in total. The van der Waals surface area contributed by atoms with E-state index >= 15 is 0 Å². The second kappa shape index (κ2) is 11.5. The third-order valence-corrected chi connectivity index (χ3v) is 8.23. The molecule has 0 heterocycles. The number of alkyl halides is 6. The molecular formula is C25H25Cl2F6Zr. The van der Waals surface area contributed by atoms with Crippen LogP contribution in [-0.2, 0) is 37.1 Å². The van der Waals surface area contributed by atoms with E-state index < -0.39 is 23.5 Å². The summed E-state index contributed by atoms with van der Waals surface area (Å²) in [4.78, 5) is 0. The van der Waals surface area contributed by atoms with E-state index in [9.17, 15) is 26.3 Å². The van der Waals surface area contributed by atoms with Gasteiger partial charge in [0, 0.05) is 0 Å². The molecule has 0 radical (unpaired) electrons. The van der Waals surface area contributed by atoms with E-state index in [0.717, 1.165) is 29.7 Å². The summed E-state index contributed by atoms with van der Waals surface area (Å²) < 4.78 is 80.4. The van der Waals surface area contributed by atoms with Crippen LogP contribution in [0.5, 0.6) is 0 Å². The molecule has 0 aromatic heterocycles. The molecule has 0 bridgehead atoms. The summed E-state index contributed by atoms with van der Waals surface area (Å²) in [6, 6.07) is 7.17. The van der Waals surface area contributed by atoms with Crippen LogP contribution in [0.4, 0.5) is 26.3 Å². The van der Waals surface area contributed by atoms with Crippen molar-refractivity contribution in [3.63, 3.8) is 0 Å². The molecule has 2 aromatic carbocycles. The van der Waals surface area contributed by atoms with Crippen LogP contribution in [0.3, 0.4) is 0 Å². The predicted molar refractivity (Wildman–Crippen MR) is 123 cm³/mol. The van der Waals surface area contributed by atoms with Crippen LogP contribution in [0.15, 0.2) is 42.0 Å². The zero-order valence-electron chi connectivity index (χ0n) is 18.2. The summed E-state index contributed by atoms with van der Waals surface area (Å²) in [5.74, 6) is 0.606. The predicted octanol–water partition coefficient (Wildman–Crippen LogP) is 9.58. The van der Waals surface area contributed by atoms with Gasteiger partial charge in [-0.05, 0) is 0 Å². The van der Waals surface area contributed by atoms with Gasteiger partial charge in [-0.25, -0.2) is 0 Å². The summed E-state index contributed by atoms with van der Waals surface area (Å²) in [5.41, 5.74) is 0.877. The van der Waals surface area contributed by atoms with E-state index in [4.69, 9.17) is 0 Å². The zero-order valence-corrected chi connectivity index (χ0v) is 22.3. The Morgan fingerprint density at radius 1 is 0.794 bits per heavy atom. The van der Waals surface area contributed by atoms with Crippen molar-refractivity contribution in [2.75, 3.05) is 0 Å². The number of halogens is 8. The number of allylic oxidation sites excluding steroid dienone is 1. The number of fused-ring (bicyclic) bond motifs is 1. The molecule has 2 aromatic rings. The van der Waals surface area contributed by atoms with E-state index in [2.05, 4.69) is 0 Å². The number of rotatable bonds is 3. The van der Waals surface area contributed by atoms with Crippen molar-refractivity contribution in [2.24, 2.45) is 5.92 Å². The maximum absolute atomic E-state index is 13.4. The molecule has 4 rings (SSSR count). The first-order chi connectivity index (χ1) is 15.0. The molecule has 34 heavy (non-hydrogen) atoms. The molecular weight excluding hydrogens is 576 g/mol. The van der Waals surface area contributed by atoms with Gasteiger partial charge >= 0.3 is 199 Å². The fourth-order valence-corrected chi connectivity index (χ4v) is 6.02. The topological polar surface area (TPSA) is 0 Å². The normalized spacial score (nSPS) is 18.9. The Morgan fingerprint density at radius 2 is 1.35 bits per heavy atom. The molecule has 0 spiro atoms. The van der Waals surface area contributed by atoms with Crippen LogP contribution < -0.4 is 0 Å². The SMILES string of the molecule is Cl.Cl.FC(F)(F)c1cc(-c2cccc3c2C=C(CC2CCCCCC2)[CH]3[Zr])cc(C(F)(F)F)c1. The van der Waals surface area contributed by atoms with Crippen molar-refractivity contribution in [1.29, 1.82) is 0 Å². The van der Waals surface area contributed by atoms with Crippen molar-refractivity contribution in [3.8, 4) is 11.1 Å². The molecule has 0 N–H and O–H groups in total. The number of benzene rings is 2. The first-order valence-electron chi connectivity index (χ1n) is 10.9. The average Bonchev–Trinajstić information content (AvgIpc) is 2.89. The monoisotopic (exact) mass is 599 g/mol. The van der Waals surface area contributed by atoms with Gasteiger partial charge in [-0.15, -0.1) is 24.8 Å². The Labute approximate surface area is 223 Å². The molecule has 2 aliphatic rings. The summed E-state index contributed by atoms with van der Waals surface area (Å²) >= 11 is 1.28. The Hall–Kier alpha value is -0.777. The Morgan fingerprint density at radius 3 is 1.88 bits per heavy atom. The third kappa shape index (κ3) is 6.50. The van der Waals surface area contributed by atoms with Crippen molar-refractivity contribution in [1.82, 2.24) is 0 Å². The van der Waals surface area contributed by atoms with E-state index in [1.54, 1.807) is 12.1 Å². The van der Waals surface area contributed by atoms with Gasteiger partial charge in [0.1, 0.15) is 0 Å². The van der Waals surface area contributed by atoms with Crippen molar-refractivity contribution < 1.29 is 51.1 Å². The van der Waals surface area contributed by atoms with Crippen LogP contribution in [0, 0.1) is 5.92 Å². The molecule has 1 unspecified atom stereocenters. The average molecular weight is 602 g/mol. The molecule has 1 fully saturated rings. The fraction of sp³-hybridized carbons (Fsp3) is 0.440. The minimum absolute atomic E-state index is 0. The van der Waals surface area contributed by atoms with E-state index in [0.29, 0.717) is 11.5 Å². The van der Waals surface area contributed by atoms with Crippen LogP contribution >= 0.6 is 24.8 Å². The van der Waals surface area contributed by atoms with Crippen LogP contribution in [0.25, 0.3) is 17.2 Å². The molecule has 0 saturated heterocycles. The second-order valence-electron chi connectivity index (χ2n) is 8.82. The van der Waals surface area contributed by atoms with E-state index in [-0.39, 0.29) is 40.1 Å². The minimum atomic E-state index is -4.85.